The summed E-state index contributed by atoms with van der Waals surface area (Å²) in [7, 11) is 2.08. The monoisotopic (exact) mass is 274 g/mol. The molecule has 3 unspecified atom stereocenters. The van der Waals surface area contributed by atoms with Crippen LogP contribution in [0, 0.1) is 12.8 Å². The van der Waals surface area contributed by atoms with E-state index in [9.17, 15) is 0 Å². The van der Waals surface area contributed by atoms with Crippen molar-refractivity contribution >= 4 is 0 Å². The molecule has 2 nitrogen and oxygen atoms in total. The molecular weight excluding hydrogens is 244 g/mol. The summed E-state index contributed by atoms with van der Waals surface area (Å²) in [6.45, 7) is 9.45. The van der Waals surface area contributed by atoms with Crippen molar-refractivity contribution in [3.05, 3.63) is 35.4 Å². The number of piperidine rings is 1. The van der Waals surface area contributed by atoms with Crippen molar-refractivity contribution in [3.63, 3.8) is 0 Å². The minimum Gasteiger partial charge on any atom is -0.313 e. The molecule has 1 heterocycles. The first kappa shape index (κ1) is 15.5. The van der Waals surface area contributed by atoms with Gasteiger partial charge in [-0.05, 0) is 57.2 Å². The molecule has 0 spiro atoms. The average Bonchev–Trinajstić information content (AvgIpc) is 2.45. The lowest BCUT2D eigenvalue weighted by Gasteiger charge is -2.37. The molecule has 2 rings (SSSR count). The van der Waals surface area contributed by atoms with Crippen LogP contribution in [0.25, 0.3) is 0 Å². The van der Waals surface area contributed by atoms with Crippen LogP contribution in [0.15, 0.2) is 24.3 Å². The number of likely N-dealkylation sites (tertiary alicyclic amines) is 1. The second kappa shape index (κ2) is 7.24. The molecular formula is C18H30N2. The summed E-state index contributed by atoms with van der Waals surface area (Å²) in [6, 6.07) is 9.98. The number of hydrogen-bond donors (Lipinski definition) is 1. The molecule has 1 N–H and O–H groups in total. The van der Waals surface area contributed by atoms with Crippen LogP contribution >= 0.6 is 0 Å². The standard InChI is InChI=1S/C18H30N2/c1-14-9-10-16(3)20(13-14)12-11-18(19-4)17-8-6-5-7-15(17)2/h5-8,14,16,18-19H,9-13H2,1-4H3. The second-order valence-electron chi connectivity index (χ2n) is 6.51. The van der Waals surface area contributed by atoms with E-state index >= 15 is 0 Å². The fourth-order valence-electron chi connectivity index (χ4n) is 3.42. The first-order valence-electron chi connectivity index (χ1n) is 8.08. The second-order valence-corrected chi connectivity index (χ2v) is 6.51. The molecule has 1 aromatic carbocycles. The summed E-state index contributed by atoms with van der Waals surface area (Å²) < 4.78 is 0. The molecule has 2 heteroatoms. The van der Waals surface area contributed by atoms with Crippen molar-refractivity contribution in [2.24, 2.45) is 5.92 Å². The molecule has 0 saturated carbocycles. The number of nitrogens with one attached hydrogen (secondary N) is 1. The van der Waals surface area contributed by atoms with E-state index in [0.717, 1.165) is 12.0 Å². The summed E-state index contributed by atoms with van der Waals surface area (Å²) in [5.74, 6) is 0.859. The van der Waals surface area contributed by atoms with Gasteiger partial charge in [0.2, 0.25) is 0 Å². The molecule has 1 aromatic rings. The number of benzene rings is 1. The number of aryl methyl sites for hydroxylation is 1. The minimum atomic E-state index is 0.473. The van der Waals surface area contributed by atoms with Gasteiger partial charge < -0.3 is 10.2 Å². The van der Waals surface area contributed by atoms with Gasteiger partial charge >= 0.3 is 0 Å². The molecule has 0 bridgehead atoms. The number of nitrogens with zero attached hydrogens (tertiary/aromatic N) is 1. The van der Waals surface area contributed by atoms with Crippen molar-refractivity contribution < 1.29 is 0 Å². The highest BCUT2D eigenvalue weighted by Gasteiger charge is 2.23. The van der Waals surface area contributed by atoms with Gasteiger partial charge in [0.05, 0.1) is 0 Å². The predicted molar refractivity (Wildman–Crippen MR) is 87.0 cm³/mol. The zero-order valence-electron chi connectivity index (χ0n) is 13.5. The van der Waals surface area contributed by atoms with Crippen LogP contribution in [-0.2, 0) is 0 Å². The van der Waals surface area contributed by atoms with Crippen molar-refractivity contribution in [1.29, 1.82) is 0 Å². The lowest BCUT2D eigenvalue weighted by Crippen LogP contribution is -2.42. The molecule has 1 aliphatic heterocycles. The Morgan fingerprint density at radius 1 is 1.25 bits per heavy atom. The van der Waals surface area contributed by atoms with Gasteiger partial charge in [0.25, 0.3) is 0 Å². The van der Waals surface area contributed by atoms with Crippen LogP contribution in [0.4, 0.5) is 0 Å². The number of hydrogen-bond acceptors (Lipinski definition) is 2. The van der Waals surface area contributed by atoms with Gasteiger partial charge in [-0.15, -0.1) is 0 Å². The molecule has 3 atom stereocenters. The normalized spacial score (nSPS) is 25.6. The van der Waals surface area contributed by atoms with E-state index in [2.05, 4.69) is 62.3 Å². The molecule has 20 heavy (non-hydrogen) atoms. The van der Waals surface area contributed by atoms with Crippen LogP contribution < -0.4 is 5.32 Å². The Hall–Kier alpha value is -0.860. The van der Waals surface area contributed by atoms with Gasteiger partial charge in [-0.1, -0.05) is 31.2 Å². The maximum absolute atomic E-state index is 3.50. The van der Waals surface area contributed by atoms with Gasteiger partial charge in [-0.3, -0.25) is 0 Å². The summed E-state index contributed by atoms with van der Waals surface area (Å²) in [4.78, 5) is 2.68. The van der Waals surface area contributed by atoms with E-state index in [1.807, 2.05) is 0 Å². The van der Waals surface area contributed by atoms with Gasteiger partial charge in [0.1, 0.15) is 0 Å². The van der Waals surface area contributed by atoms with E-state index in [1.165, 1.54) is 43.5 Å². The van der Waals surface area contributed by atoms with Crippen LogP contribution in [0.3, 0.4) is 0 Å². The van der Waals surface area contributed by atoms with Gasteiger partial charge in [-0.25, -0.2) is 0 Å². The predicted octanol–water partition coefficient (Wildman–Crippen LogP) is 3.77. The van der Waals surface area contributed by atoms with Gasteiger partial charge in [0.15, 0.2) is 0 Å². The molecule has 112 valence electrons. The Morgan fingerprint density at radius 3 is 2.70 bits per heavy atom. The maximum Gasteiger partial charge on any atom is 0.0332 e. The van der Waals surface area contributed by atoms with Crippen LogP contribution in [0.1, 0.15) is 50.3 Å². The fourth-order valence-corrected chi connectivity index (χ4v) is 3.42. The highest BCUT2D eigenvalue weighted by Crippen LogP contribution is 2.25. The third-order valence-corrected chi connectivity index (χ3v) is 4.86. The van der Waals surface area contributed by atoms with Crippen molar-refractivity contribution in [1.82, 2.24) is 10.2 Å². The molecule has 0 aliphatic carbocycles. The van der Waals surface area contributed by atoms with E-state index in [-0.39, 0.29) is 0 Å². The Morgan fingerprint density at radius 2 is 2.00 bits per heavy atom. The molecule has 1 fully saturated rings. The third kappa shape index (κ3) is 3.83. The zero-order valence-corrected chi connectivity index (χ0v) is 13.5. The SMILES string of the molecule is CNC(CCN1CC(C)CCC1C)c1ccccc1C. The molecule has 1 saturated heterocycles. The fraction of sp³-hybridized carbons (Fsp3) is 0.667. The lowest BCUT2D eigenvalue weighted by atomic mass is 9.93. The van der Waals surface area contributed by atoms with Crippen LogP contribution in [0.2, 0.25) is 0 Å². The van der Waals surface area contributed by atoms with Crippen molar-refractivity contribution in [3.8, 4) is 0 Å². The van der Waals surface area contributed by atoms with Crippen LogP contribution in [0.5, 0.6) is 0 Å². The first-order valence-corrected chi connectivity index (χ1v) is 8.08. The van der Waals surface area contributed by atoms with Crippen molar-refractivity contribution in [2.45, 2.75) is 52.1 Å². The van der Waals surface area contributed by atoms with E-state index < -0.39 is 0 Å². The molecule has 1 aliphatic rings. The molecule has 0 aromatic heterocycles. The smallest absolute Gasteiger partial charge is 0.0332 e. The molecule has 0 radical (unpaired) electrons. The summed E-state index contributed by atoms with van der Waals surface area (Å²) in [5, 5.41) is 3.50. The van der Waals surface area contributed by atoms with E-state index in [4.69, 9.17) is 0 Å². The lowest BCUT2D eigenvalue weighted by molar-refractivity contribution is 0.119. The highest BCUT2D eigenvalue weighted by atomic mass is 15.2. The summed E-state index contributed by atoms with van der Waals surface area (Å²) in [6.07, 6.45) is 3.94. The average molecular weight is 274 g/mol. The largest absolute Gasteiger partial charge is 0.313 e. The van der Waals surface area contributed by atoms with Gasteiger partial charge in [0, 0.05) is 25.2 Å². The van der Waals surface area contributed by atoms with E-state index in [0.29, 0.717) is 6.04 Å². The van der Waals surface area contributed by atoms with Crippen molar-refractivity contribution in [2.75, 3.05) is 20.1 Å². The quantitative estimate of drug-likeness (QED) is 0.879. The van der Waals surface area contributed by atoms with E-state index in [1.54, 1.807) is 0 Å². The highest BCUT2D eigenvalue weighted by molar-refractivity contribution is 5.28. The Balaban J connectivity index is 1.95. The minimum absolute atomic E-state index is 0.473. The third-order valence-electron chi connectivity index (χ3n) is 4.86. The Bertz CT molecular complexity index is 416. The maximum atomic E-state index is 3.50. The van der Waals surface area contributed by atoms with Crippen LogP contribution in [-0.4, -0.2) is 31.1 Å². The number of rotatable bonds is 5. The topological polar surface area (TPSA) is 15.3 Å². The summed E-state index contributed by atoms with van der Waals surface area (Å²) >= 11 is 0. The molecule has 0 amide bonds. The summed E-state index contributed by atoms with van der Waals surface area (Å²) in [5.41, 5.74) is 2.85. The zero-order chi connectivity index (χ0) is 14.5. The van der Waals surface area contributed by atoms with Gasteiger partial charge in [-0.2, -0.15) is 0 Å². The first-order chi connectivity index (χ1) is 9.61. The Labute approximate surface area is 124 Å². The Kier molecular flexibility index (Phi) is 5.62.